The van der Waals surface area contributed by atoms with Crippen molar-refractivity contribution in [1.29, 1.82) is 0 Å². The number of nitrogens with zero attached hydrogens (tertiary/aromatic N) is 2. The predicted molar refractivity (Wildman–Crippen MR) is 76.9 cm³/mol. The van der Waals surface area contributed by atoms with E-state index in [1.807, 2.05) is 0 Å². The van der Waals surface area contributed by atoms with Crippen LogP contribution >= 0.6 is 15.9 Å². The van der Waals surface area contributed by atoms with Crippen LogP contribution in [0, 0.1) is 0 Å². The van der Waals surface area contributed by atoms with Crippen molar-refractivity contribution in [1.82, 2.24) is 10.2 Å². The molecular weight excluding hydrogens is 356 g/mol. The van der Waals surface area contributed by atoms with Crippen LogP contribution < -0.4 is 0 Å². The van der Waals surface area contributed by atoms with Crippen molar-refractivity contribution in [2.75, 3.05) is 0 Å². The Morgan fingerprint density at radius 3 is 2.82 bits per heavy atom. The largest absolute Gasteiger partial charge is 0.508 e. The highest BCUT2D eigenvalue weighted by Crippen LogP contribution is 2.24. The highest BCUT2D eigenvalue weighted by atomic mass is 79.9. The van der Waals surface area contributed by atoms with E-state index in [0.29, 0.717) is 10.4 Å². The number of hydrogen-bond donors (Lipinski definition) is 1. The molecule has 3 rings (SSSR count). The molecule has 1 aromatic carbocycles. The fraction of sp³-hybridized carbons (Fsp3) is 0.0714. The minimum Gasteiger partial charge on any atom is -0.508 e. The Kier molecular flexibility index (Phi) is 3.92. The molecule has 2 heterocycles. The maximum atomic E-state index is 11.8. The number of aromatic nitrogens is 2. The SMILES string of the molecule is O=C(OCc1nnc(-c2ccc(Br)o2)o1)c1cccc(O)c1. The minimum absolute atomic E-state index is 0.0158. The molecule has 1 N–H and O–H groups in total. The van der Waals surface area contributed by atoms with Crippen LogP contribution in [0.3, 0.4) is 0 Å². The summed E-state index contributed by atoms with van der Waals surface area (Å²) < 4.78 is 16.2. The molecule has 0 amide bonds. The van der Waals surface area contributed by atoms with E-state index in [1.165, 1.54) is 18.2 Å². The van der Waals surface area contributed by atoms with Crippen LogP contribution in [0.4, 0.5) is 0 Å². The number of carbonyl (C=O) groups excluding carboxylic acids is 1. The smallest absolute Gasteiger partial charge is 0.338 e. The van der Waals surface area contributed by atoms with Crippen molar-refractivity contribution in [2.45, 2.75) is 6.61 Å². The normalized spacial score (nSPS) is 10.6. The molecule has 2 aromatic heterocycles. The molecule has 0 atom stereocenters. The molecule has 0 spiro atoms. The van der Waals surface area contributed by atoms with E-state index < -0.39 is 5.97 Å². The van der Waals surface area contributed by atoms with Gasteiger partial charge in [0.25, 0.3) is 11.8 Å². The van der Waals surface area contributed by atoms with Gasteiger partial charge in [0.1, 0.15) is 5.75 Å². The molecule has 3 aromatic rings. The summed E-state index contributed by atoms with van der Waals surface area (Å²) in [6, 6.07) is 9.21. The molecule has 112 valence electrons. The number of benzene rings is 1. The Hall–Kier alpha value is -2.61. The third kappa shape index (κ3) is 3.17. The van der Waals surface area contributed by atoms with Crippen molar-refractivity contribution in [2.24, 2.45) is 0 Å². The minimum atomic E-state index is -0.601. The molecule has 0 aliphatic carbocycles. The zero-order valence-corrected chi connectivity index (χ0v) is 12.6. The van der Waals surface area contributed by atoms with Gasteiger partial charge in [-0.3, -0.25) is 0 Å². The van der Waals surface area contributed by atoms with E-state index in [0.717, 1.165) is 0 Å². The van der Waals surface area contributed by atoms with Gasteiger partial charge in [-0.25, -0.2) is 4.79 Å². The molecule has 0 unspecified atom stereocenters. The fourth-order valence-corrected chi connectivity index (χ4v) is 1.99. The van der Waals surface area contributed by atoms with E-state index in [4.69, 9.17) is 13.6 Å². The van der Waals surface area contributed by atoms with Gasteiger partial charge in [0.05, 0.1) is 5.56 Å². The average Bonchev–Trinajstić information content (AvgIpc) is 3.13. The van der Waals surface area contributed by atoms with Crippen LogP contribution in [0.5, 0.6) is 5.75 Å². The lowest BCUT2D eigenvalue weighted by molar-refractivity contribution is 0.0438. The van der Waals surface area contributed by atoms with Gasteiger partial charge >= 0.3 is 5.97 Å². The number of ether oxygens (including phenoxy) is 1. The molecule has 7 nitrogen and oxygen atoms in total. The molecule has 8 heteroatoms. The van der Waals surface area contributed by atoms with E-state index in [1.54, 1.807) is 18.2 Å². The second-order valence-corrected chi connectivity index (χ2v) is 5.01. The maximum absolute atomic E-state index is 11.8. The molecule has 0 aliphatic rings. The first-order chi connectivity index (χ1) is 10.6. The lowest BCUT2D eigenvalue weighted by Crippen LogP contribution is -2.05. The summed E-state index contributed by atoms with van der Waals surface area (Å²) in [5, 5.41) is 16.9. The second kappa shape index (κ2) is 6.02. The number of furan rings is 1. The van der Waals surface area contributed by atoms with Gasteiger partial charge < -0.3 is 18.7 Å². The predicted octanol–water partition coefficient (Wildman–Crippen LogP) is 3.15. The molecular formula is C14H9BrN2O5. The number of hydrogen-bond acceptors (Lipinski definition) is 7. The molecule has 0 saturated carbocycles. The van der Waals surface area contributed by atoms with Crippen molar-refractivity contribution in [3.8, 4) is 17.4 Å². The summed E-state index contributed by atoms with van der Waals surface area (Å²) >= 11 is 3.17. The number of aromatic hydroxyl groups is 1. The fourth-order valence-electron chi connectivity index (χ4n) is 1.68. The van der Waals surface area contributed by atoms with Gasteiger partial charge in [0, 0.05) is 0 Å². The van der Waals surface area contributed by atoms with E-state index in [-0.39, 0.29) is 29.7 Å². The summed E-state index contributed by atoms with van der Waals surface area (Å²) in [6.07, 6.45) is 0. The number of halogens is 1. The van der Waals surface area contributed by atoms with Crippen LogP contribution in [-0.2, 0) is 11.3 Å². The number of phenols is 1. The highest BCUT2D eigenvalue weighted by molar-refractivity contribution is 9.10. The van der Waals surface area contributed by atoms with Gasteiger partial charge in [-0.05, 0) is 46.3 Å². The summed E-state index contributed by atoms with van der Waals surface area (Å²) in [6.45, 7) is -0.177. The van der Waals surface area contributed by atoms with E-state index in [2.05, 4.69) is 26.1 Å². The van der Waals surface area contributed by atoms with Crippen molar-refractivity contribution < 1.29 is 23.5 Å². The lowest BCUT2D eigenvalue weighted by atomic mass is 10.2. The van der Waals surface area contributed by atoms with Crippen molar-refractivity contribution >= 4 is 21.9 Å². The van der Waals surface area contributed by atoms with Crippen LogP contribution in [0.1, 0.15) is 16.2 Å². The molecule has 0 radical (unpaired) electrons. The number of esters is 1. The van der Waals surface area contributed by atoms with Gasteiger partial charge in [-0.1, -0.05) is 6.07 Å². The highest BCUT2D eigenvalue weighted by Gasteiger charge is 2.14. The number of rotatable bonds is 4. The molecule has 0 bridgehead atoms. The summed E-state index contributed by atoms with van der Waals surface area (Å²) in [5.74, 6) is 0.115. The second-order valence-electron chi connectivity index (χ2n) is 4.23. The van der Waals surface area contributed by atoms with Crippen molar-refractivity contribution in [3.63, 3.8) is 0 Å². The van der Waals surface area contributed by atoms with Crippen LogP contribution in [0.15, 0.2) is 49.9 Å². The lowest BCUT2D eigenvalue weighted by Gasteiger charge is -2.02. The van der Waals surface area contributed by atoms with Gasteiger partial charge in [0.2, 0.25) is 0 Å². The zero-order chi connectivity index (χ0) is 15.5. The van der Waals surface area contributed by atoms with Crippen LogP contribution in [-0.4, -0.2) is 21.3 Å². The number of carbonyl (C=O) groups is 1. The quantitative estimate of drug-likeness (QED) is 0.709. The Labute approximate surface area is 132 Å². The standard InChI is InChI=1S/C14H9BrN2O5/c15-11-5-4-10(21-11)13-17-16-12(22-13)7-20-14(19)8-2-1-3-9(18)6-8/h1-6,18H,7H2. The molecule has 0 fully saturated rings. The Balaban J connectivity index is 1.65. The Morgan fingerprint density at radius 2 is 2.09 bits per heavy atom. The summed E-state index contributed by atoms with van der Waals surface area (Å²) in [7, 11) is 0. The summed E-state index contributed by atoms with van der Waals surface area (Å²) in [4.78, 5) is 11.8. The maximum Gasteiger partial charge on any atom is 0.338 e. The van der Waals surface area contributed by atoms with Gasteiger partial charge in [-0.2, -0.15) is 0 Å². The topological polar surface area (TPSA) is 98.6 Å². The van der Waals surface area contributed by atoms with Crippen LogP contribution in [0.25, 0.3) is 11.7 Å². The van der Waals surface area contributed by atoms with E-state index in [9.17, 15) is 9.90 Å². The van der Waals surface area contributed by atoms with Gasteiger partial charge in [-0.15, -0.1) is 10.2 Å². The van der Waals surface area contributed by atoms with Crippen LogP contribution in [0.2, 0.25) is 0 Å². The first-order valence-corrected chi connectivity index (χ1v) is 6.95. The third-order valence-electron chi connectivity index (χ3n) is 2.66. The zero-order valence-electron chi connectivity index (χ0n) is 11.0. The Morgan fingerprint density at radius 1 is 1.23 bits per heavy atom. The Bertz CT molecular complexity index is 811. The molecule has 22 heavy (non-hydrogen) atoms. The van der Waals surface area contributed by atoms with Crippen molar-refractivity contribution in [3.05, 3.63) is 52.5 Å². The number of phenolic OH excluding ortho intramolecular Hbond substituents is 1. The first kappa shape index (κ1) is 14.3. The third-order valence-corrected chi connectivity index (χ3v) is 3.09. The first-order valence-electron chi connectivity index (χ1n) is 6.16. The summed E-state index contributed by atoms with van der Waals surface area (Å²) in [5.41, 5.74) is 0.231. The monoisotopic (exact) mass is 364 g/mol. The average molecular weight is 365 g/mol. The molecule has 0 saturated heterocycles. The molecule has 0 aliphatic heterocycles. The van der Waals surface area contributed by atoms with E-state index >= 15 is 0 Å². The van der Waals surface area contributed by atoms with Gasteiger partial charge in [0.15, 0.2) is 17.0 Å².